The predicted octanol–water partition coefficient (Wildman–Crippen LogP) is 1.03. The lowest BCUT2D eigenvalue weighted by molar-refractivity contribution is -0.127. The van der Waals surface area contributed by atoms with Crippen molar-refractivity contribution in [3.8, 4) is 0 Å². The summed E-state index contributed by atoms with van der Waals surface area (Å²) in [7, 11) is 0. The van der Waals surface area contributed by atoms with Gasteiger partial charge in [-0.3, -0.25) is 4.79 Å². The van der Waals surface area contributed by atoms with Crippen LogP contribution < -0.4 is 11.1 Å². The largest absolute Gasteiger partial charge is 0.352 e. The Morgan fingerprint density at radius 1 is 1.46 bits per heavy atom. The number of hydrogen-bond donors (Lipinski definition) is 2. The van der Waals surface area contributed by atoms with Gasteiger partial charge in [0.25, 0.3) is 0 Å². The second-order valence-electron chi connectivity index (χ2n) is 5.46. The summed E-state index contributed by atoms with van der Waals surface area (Å²) in [4.78, 5) is 11.4. The molecule has 1 aliphatic carbocycles. The Balaban J connectivity index is 2.33. The molecule has 0 aromatic carbocycles. The molecular formula is C10H20N2O. The van der Waals surface area contributed by atoms with E-state index in [1.165, 1.54) is 0 Å². The van der Waals surface area contributed by atoms with Crippen LogP contribution in [0, 0.1) is 5.41 Å². The lowest BCUT2D eigenvalue weighted by Gasteiger charge is -2.43. The first kappa shape index (κ1) is 10.5. The van der Waals surface area contributed by atoms with Crippen LogP contribution in [0.1, 0.15) is 40.5 Å². The second kappa shape index (κ2) is 2.98. The van der Waals surface area contributed by atoms with E-state index in [0.29, 0.717) is 11.5 Å². The van der Waals surface area contributed by atoms with Crippen molar-refractivity contribution in [2.24, 2.45) is 11.1 Å². The van der Waals surface area contributed by atoms with E-state index in [9.17, 15) is 4.79 Å². The first-order valence-corrected chi connectivity index (χ1v) is 4.81. The summed E-state index contributed by atoms with van der Waals surface area (Å²) in [6.45, 7) is 7.88. The minimum Gasteiger partial charge on any atom is -0.352 e. The number of rotatable bonds is 2. The smallest absolute Gasteiger partial charge is 0.239 e. The Bertz CT molecular complexity index is 207. The van der Waals surface area contributed by atoms with E-state index in [2.05, 4.69) is 19.2 Å². The molecule has 13 heavy (non-hydrogen) atoms. The monoisotopic (exact) mass is 184 g/mol. The van der Waals surface area contributed by atoms with Crippen molar-refractivity contribution in [1.29, 1.82) is 0 Å². The molecule has 0 atom stereocenters. The van der Waals surface area contributed by atoms with Crippen LogP contribution in [0.3, 0.4) is 0 Å². The number of carbonyl (C=O) groups is 1. The molecule has 0 saturated heterocycles. The first-order chi connectivity index (χ1) is 5.71. The zero-order valence-electron chi connectivity index (χ0n) is 8.98. The lowest BCUT2D eigenvalue weighted by atomic mass is 9.68. The highest BCUT2D eigenvalue weighted by atomic mass is 16.2. The molecule has 0 unspecified atom stereocenters. The standard InChI is InChI=1S/C10H20N2O/c1-9(2)5-7(6-9)12-8(13)10(3,4)11/h7H,5-6,11H2,1-4H3,(H,12,13). The van der Waals surface area contributed by atoms with Crippen LogP contribution in [0.5, 0.6) is 0 Å². The van der Waals surface area contributed by atoms with E-state index >= 15 is 0 Å². The summed E-state index contributed by atoms with van der Waals surface area (Å²) in [5.74, 6) is -0.0481. The van der Waals surface area contributed by atoms with Crippen LogP contribution in [-0.4, -0.2) is 17.5 Å². The number of nitrogens with one attached hydrogen (secondary N) is 1. The fourth-order valence-electron chi connectivity index (χ4n) is 1.75. The molecule has 0 spiro atoms. The van der Waals surface area contributed by atoms with Gasteiger partial charge in [-0.2, -0.15) is 0 Å². The molecule has 3 heteroatoms. The molecule has 0 aromatic heterocycles. The van der Waals surface area contributed by atoms with Gasteiger partial charge in [-0.05, 0) is 32.1 Å². The van der Waals surface area contributed by atoms with Crippen molar-refractivity contribution in [2.75, 3.05) is 0 Å². The summed E-state index contributed by atoms with van der Waals surface area (Å²) in [6.07, 6.45) is 2.13. The highest BCUT2D eigenvalue weighted by molar-refractivity contribution is 5.85. The molecule has 0 radical (unpaired) electrons. The van der Waals surface area contributed by atoms with Gasteiger partial charge in [0.15, 0.2) is 0 Å². The number of amides is 1. The Morgan fingerprint density at radius 3 is 2.23 bits per heavy atom. The van der Waals surface area contributed by atoms with Gasteiger partial charge in [0, 0.05) is 6.04 Å². The van der Waals surface area contributed by atoms with Gasteiger partial charge in [-0.25, -0.2) is 0 Å². The third-order valence-electron chi connectivity index (χ3n) is 2.52. The minimum atomic E-state index is -0.750. The summed E-state index contributed by atoms with van der Waals surface area (Å²) in [5, 5.41) is 2.95. The van der Waals surface area contributed by atoms with Crippen LogP contribution in [0.15, 0.2) is 0 Å². The normalized spacial score (nSPS) is 22.2. The third kappa shape index (κ3) is 2.69. The van der Waals surface area contributed by atoms with Crippen molar-refractivity contribution in [1.82, 2.24) is 5.32 Å². The van der Waals surface area contributed by atoms with Gasteiger partial charge in [0.1, 0.15) is 0 Å². The fourth-order valence-corrected chi connectivity index (χ4v) is 1.75. The van der Waals surface area contributed by atoms with Crippen molar-refractivity contribution in [3.05, 3.63) is 0 Å². The maximum absolute atomic E-state index is 11.4. The van der Waals surface area contributed by atoms with E-state index in [1.807, 2.05) is 0 Å². The van der Waals surface area contributed by atoms with Crippen molar-refractivity contribution < 1.29 is 4.79 Å². The van der Waals surface area contributed by atoms with Gasteiger partial charge in [-0.15, -0.1) is 0 Å². The van der Waals surface area contributed by atoms with E-state index in [4.69, 9.17) is 5.73 Å². The van der Waals surface area contributed by atoms with Crippen LogP contribution in [-0.2, 0) is 4.79 Å². The van der Waals surface area contributed by atoms with Crippen LogP contribution >= 0.6 is 0 Å². The lowest BCUT2D eigenvalue weighted by Crippen LogP contribution is -2.56. The Labute approximate surface area is 80.1 Å². The molecule has 1 saturated carbocycles. The SMILES string of the molecule is CC1(C)CC(NC(=O)C(C)(C)N)C1. The molecule has 1 fully saturated rings. The Kier molecular flexibility index (Phi) is 2.41. The number of carbonyl (C=O) groups excluding carboxylic acids is 1. The van der Waals surface area contributed by atoms with Crippen molar-refractivity contribution >= 4 is 5.91 Å². The van der Waals surface area contributed by atoms with Crippen LogP contribution in [0.4, 0.5) is 0 Å². The molecule has 0 heterocycles. The maximum Gasteiger partial charge on any atom is 0.239 e. The zero-order valence-corrected chi connectivity index (χ0v) is 8.98. The predicted molar refractivity (Wildman–Crippen MR) is 53.2 cm³/mol. The molecule has 0 aliphatic heterocycles. The minimum absolute atomic E-state index is 0.0481. The summed E-state index contributed by atoms with van der Waals surface area (Å²) < 4.78 is 0. The first-order valence-electron chi connectivity index (χ1n) is 4.81. The van der Waals surface area contributed by atoms with Gasteiger partial charge in [0.2, 0.25) is 5.91 Å². The number of hydrogen-bond acceptors (Lipinski definition) is 2. The third-order valence-corrected chi connectivity index (χ3v) is 2.52. The molecule has 3 N–H and O–H groups in total. The van der Waals surface area contributed by atoms with Gasteiger partial charge in [0.05, 0.1) is 5.54 Å². The summed E-state index contributed by atoms with van der Waals surface area (Å²) in [5.41, 5.74) is 5.31. The quantitative estimate of drug-likeness (QED) is 0.673. The topological polar surface area (TPSA) is 55.1 Å². The van der Waals surface area contributed by atoms with E-state index in [-0.39, 0.29) is 5.91 Å². The molecule has 0 bridgehead atoms. The Hall–Kier alpha value is -0.570. The van der Waals surface area contributed by atoms with Crippen LogP contribution in [0.25, 0.3) is 0 Å². The summed E-state index contributed by atoms with van der Waals surface area (Å²) in [6, 6.07) is 0.338. The highest BCUT2D eigenvalue weighted by Gasteiger charge is 2.38. The fraction of sp³-hybridized carbons (Fsp3) is 0.900. The number of nitrogens with two attached hydrogens (primary N) is 1. The molecular weight excluding hydrogens is 164 g/mol. The maximum atomic E-state index is 11.4. The van der Waals surface area contributed by atoms with Crippen LogP contribution in [0.2, 0.25) is 0 Å². The Morgan fingerprint density at radius 2 is 1.92 bits per heavy atom. The zero-order chi connectivity index (χ0) is 10.3. The van der Waals surface area contributed by atoms with Gasteiger partial charge < -0.3 is 11.1 Å². The van der Waals surface area contributed by atoms with Gasteiger partial charge >= 0.3 is 0 Å². The van der Waals surface area contributed by atoms with Crippen molar-refractivity contribution in [2.45, 2.75) is 52.1 Å². The molecule has 3 nitrogen and oxygen atoms in total. The average Bonchev–Trinajstić information content (AvgIpc) is 1.80. The molecule has 1 rings (SSSR count). The van der Waals surface area contributed by atoms with Crippen molar-refractivity contribution in [3.63, 3.8) is 0 Å². The van der Waals surface area contributed by atoms with E-state index in [0.717, 1.165) is 12.8 Å². The highest BCUT2D eigenvalue weighted by Crippen LogP contribution is 2.39. The van der Waals surface area contributed by atoms with Gasteiger partial charge in [-0.1, -0.05) is 13.8 Å². The van der Waals surface area contributed by atoms with E-state index in [1.54, 1.807) is 13.8 Å². The molecule has 1 amide bonds. The van der Waals surface area contributed by atoms with E-state index < -0.39 is 5.54 Å². The molecule has 0 aromatic rings. The molecule has 1 aliphatic rings. The summed E-state index contributed by atoms with van der Waals surface area (Å²) >= 11 is 0. The second-order valence-corrected chi connectivity index (χ2v) is 5.46. The average molecular weight is 184 g/mol. The molecule has 76 valence electrons.